The summed E-state index contributed by atoms with van der Waals surface area (Å²) in [5.74, 6) is 1.49. The van der Waals surface area contributed by atoms with E-state index in [9.17, 15) is 4.79 Å². The number of carbonyl (C=O) groups excluding carboxylic acids is 1. The van der Waals surface area contributed by atoms with E-state index in [2.05, 4.69) is 5.32 Å². The van der Waals surface area contributed by atoms with Crippen molar-refractivity contribution in [2.24, 2.45) is 0 Å². The predicted octanol–water partition coefficient (Wildman–Crippen LogP) is 3.38. The maximum absolute atomic E-state index is 12.3. The van der Waals surface area contributed by atoms with Crippen molar-refractivity contribution >= 4 is 17.4 Å². The molecule has 1 atom stereocenters. The number of urea groups is 1. The molecule has 2 heterocycles. The largest absolute Gasteiger partial charge is 0.454 e. The Morgan fingerprint density at radius 2 is 2.18 bits per heavy atom. The van der Waals surface area contributed by atoms with Crippen LogP contribution in [0.1, 0.15) is 23.4 Å². The van der Waals surface area contributed by atoms with Crippen LogP contribution in [-0.2, 0) is 6.54 Å². The van der Waals surface area contributed by atoms with Gasteiger partial charge in [0.1, 0.15) is 0 Å². The van der Waals surface area contributed by atoms with Crippen LogP contribution in [0.15, 0.2) is 35.7 Å². The Bertz CT molecular complexity index is 657. The normalized spacial score (nSPS) is 13.7. The van der Waals surface area contributed by atoms with Crippen LogP contribution in [0.3, 0.4) is 0 Å². The first-order chi connectivity index (χ1) is 10.6. The van der Waals surface area contributed by atoms with Crippen LogP contribution in [0.2, 0.25) is 0 Å². The molecule has 1 aliphatic heterocycles. The lowest BCUT2D eigenvalue weighted by molar-refractivity contribution is 0.174. The minimum atomic E-state index is -0.0985. The molecule has 1 aliphatic rings. The molecular weight excluding hydrogens is 300 g/mol. The van der Waals surface area contributed by atoms with Crippen molar-refractivity contribution in [3.8, 4) is 11.5 Å². The zero-order chi connectivity index (χ0) is 15.5. The molecule has 1 aromatic carbocycles. The van der Waals surface area contributed by atoms with Crippen LogP contribution in [0.5, 0.6) is 11.5 Å². The summed E-state index contributed by atoms with van der Waals surface area (Å²) in [6.07, 6.45) is 0. The van der Waals surface area contributed by atoms with E-state index >= 15 is 0 Å². The number of ether oxygens (including phenoxy) is 2. The standard InChI is InChI=1S/C16H18N2O3S/c1-11(15-4-3-7-22-15)17-16(19)18(2)9-12-5-6-13-14(8-12)21-10-20-13/h3-8,11H,9-10H2,1-2H3,(H,17,19)/t11-/m0/s1. The Kier molecular flexibility index (Phi) is 4.20. The Balaban J connectivity index is 1.59. The molecule has 0 spiro atoms. The molecule has 2 amide bonds. The van der Waals surface area contributed by atoms with E-state index in [1.54, 1.807) is 23.3 Å². The molecule has 6 heteroatoms. The number of hydrogen-bond acceptors (Lipinski definition) is 4. The molecule has 2 aromatic rings. The molecule has 5 nitrogen and oxygen atoms in total. The quantitative estimate of drug-likeness (QED) is 0.940. The minimum absolute atomic E-state index is 0.00621. The Hall–Kier alpha value is -2.21. The van der Waals surface area contributed by atoms with Crippen molar-refractivity contribution in [3.05, 3.63) is 46.2 Å². The summed E-state index contributed by atoms with van der Waals surface area (Å²) >= 11 is 1.64. The molecule has 0 unspecified atom stereocenters. The molecule has 0 saturated carbocycles. The summed E-state index contributed by atoms with van der Waals surface area (Å²) in [7, 11) is 1.78. The maximum atomic E-state index is 12.3. The number of nitrogens with one attached hydrogen (secondary N) is 1. The third-order valence-corrected chi connectivity index (χ3v) is 4.57. The van der Waals surface area contributed by atoms with Crippen LogP contribution in [-0.4, -0.2) is 24.8 Å². The molecule has 0 saturated heterocycles. The Morgan fingerprint density at radius 1 is 1.36 bits per heavy atom. The summed E-state index contributed by atoms with van der Waals surface area (Å²) in [4.78, 5) is 15.0. The van der Waals surface area contributed by atoms with Crippen molar-refractivity contribution in [2.75, 3.05) is 13.8 Å². The number of hydrogen-bond donors (Lipinski definition) is 1. The van der Waals surface area contributed by atoms with Gasteiger partial charge in [0.25, 0.3) is 0 Å². The van der Waals surface area contributed by atoms with Crippen molar-refractivity contribution in [1.29, 1.82) is 0 Å². The molecule has 116 valence electrons. The van der Waals surface area contributed by atoms with Gasteiger partial charge in [-0.3, -0.25) is 0 Å². The third kappa shape index (κ3) is 3.17. The number of fused-ring (bicyclic) bond motifs is 1. The van der Waals surface area contributed by atoms with Crippen molar-refractivity contribution in [3.63, 3.8) is 0 Å². The average Bonchev–Trinajstić information content (AvgIpc) is 3.18. The number of benzene rings is 1. The highest BCUT2D eigenvalue weighted by Gasteiger charge is 2.17. The van der Waals surface area contributed by atoms with Gasteiger partial charge < -0.3 is 19.7 Å². The second-order valence-corrected chi connectivity index (χ2v) is 6.21. The van der Waals surface area contributed by atoms with Crippen LogP contribution in [0, 0.1) is 0 Å². The zero-order valence-electron chi connectivity index (χ0n) is 12.5. The lowest BCUT2D eigenvalue weighted by Crippen LogP contribution is -2.37. The molecule has 0 fully saturated rings. The third-order valence-electron chi connectivity index (χ3n) is 3.51. The van der Waals surface area contributed by atoms with Crippen molar-refractivity contribution in [1.82, 2.24) is 10.2 Å². The Labute approximate surface area is 133 Å². The number of carbonyl (C=O) groups is 1. The van der Waals surface area contributed by atoms with E-state index < -0.39 is 0 Å². The van der Waals surface area contributed by atoms with Crippen LogP contribution in [0.4, 0.5) is 4.79 Å². The smallest absolute Gasteiger partial charge is 0.317 e. The highest BCUT2D eigenvalue weighted by Crippen LogP contribution is 2.32. The van der Waals surface area contributed by atoms with Gasteiger partial charge in [0.05, 0.1) is 6.04 Å². The number of rotatable bonds is 4. The Morgan fingerprint density at radius 3 is 2.95 bits per heavy atom. The highest BCUT2D eigenvalue weighted by atomic mass is 32.1. The minimum Gasteiger partial charge on any atom is -0.454 e. The molecule has 22 heavy (non-hydrogen) atoms. The summed E-state index contributed by atoms with van der Waals surface area (Å²) < 4.78 is 10.6. The predicted molar refractivity (Wildman–Crippen MR) is 85.3 cm³/mol. The van der Waals surface area contributed by atoms with Crippen LogP contribution < -0.4 is 14.8 Å². The van der Waals surface area contributed by atoms with Gasteiger partial charge in [-0.15, -0.1) is 11.3 Å². The van der Waals surface area contributed by atoms with Crippen LogP contribution in [0.25, 0.3) is 0 Å². The monoisotopic (exact) mass is 318 g/mol. The summed E-state index contributed by atoms with van der Waals surface area (Å²) in [5, 5.41) is 5.00. The van der Waals surface area contributed by atoms with Crippen molar-refractivity contribution < 1.29 is 14.3 Å². The average molecular weight is 318 g/mol. The second-order valence-electron chi connectivity index (χ2n) is 5.23. The fourth-order valence-corrected chi connectivity index (χ4v) is 3.02. The summed E-state index contributed by atoms with van der Waals surface area (Å²) in [5.41, 5.74) is 1.01. The fourth-order valence-electron chi connectivity index (χ4n) is 2.29. The topological polar surface area (TPSA) is 50.8 Å². The van der Waals surface area contributed by atoms with E-state index in [0.717, 1.165) is 21.9 Å². The highest BCUT2D eigenvalue weighted by molar-refractivity contribution is 7.10. The molecule has 1 N–H and O–H groups in total. The van der Waals surface area contributed by atoms with E-state index in [-0.39, 0.29) is 18.9 Å². The maximum Gasteiger partial charge on any atom is 0.317 e. The molecule has 3 rings (SSSR count). The molecule has 0 aliphatic carbocycles. The van der Waals surface area contributed by atoms with E-state index in [4.69, 9.17) is 9.47 Å². The number of amides is 2. The van der Waals surface area contributed by atoms with Crippen LogP contribution >= 0.6 is 11.3 Å². The van der Waals surface area contributed by atoms with Crippen molar-refractivity contribution in [2.45, 2.75) is 19.5 Å². The summed E-state index contributed by atoms with van der Waals surface area (Å²) in [6, 6.07) is 9.64. The van der Waals surface area contributed by atoms with E-state index in [1.165, 1.54) is 0 Å². The molecular formula is C16H18N2O3S. The summed E-state index contributed by atoms with van der Waals surface area (Å²) in [6.45, 7) is 2.76. The lowest BCUT2D eigenvalue weighted by atomic mass is 10.2. The lowest BCUT2D eigenvalue weighted by Gasteiger charge is -2.21. The van der Waals surface area contributed by atoms with Gasteiger partial charge in [-0.25, -0.2) is 4.79 Å². The first kappa shape index (κ1) is 14.7. The number of nitrogens with zero attached hydrogens (tertiary/aromatic N) is 1. The van der Waals surface area contributed by atoms with E-state index in [0.29, 0.717) is 6.54 Å². The molecule has 0 radical (unpaired) electrons. The van der Waals surface area contributed by atoms with E-state index in [1.807, 2.05) is 42.6 Å². The fraction of sp³-hybridized carbons (Fsp3) is 0.312. The van der Waals surface area contributed by atoms with Gasteiger partial charge in [-0.1, -0.05) is 12.1 Å². The van der Waals surface area contributed by atoms with Gasteiger partial charge in [-0.2, -0.15) is 0 Å². The first-order valence-electron chi connectivity index (χ1n) is 7.07. The first-order valence-corrected chi connectivity index (χ1v) is 7.95. The SMILES string of the molecule is C[C@H](NC(=O)N(C)Cc1ccc2c(c1)OCO2)c1cccs1. The van der Waals surface area contributed by atoms with Gasteiger partial charge in [0, 0.05) is 18.5 Å². The number of thiophene rings is 1. The second kappa shape index (κ2) is 6.27. The van der Waals surface area contributed by atoms with Gasteiger partial charge >= 0.3 is 6.03 Å². The van der Waals surface area contributed by atoms with Gasteiger partial charge in [0.15, 0.2) is 11.5 Å². The van der Waals surface area contributed by atoms with Gasteiger partial charge in [-0.05, 0) is 36.1 Å². The zero-order valence-corrected chi connectivity index (χ0v) is 13.4. The van der Waals surface area contributed by atoms with Gasteiger partial charge in [0.2, 0.25) is 6.79 Å². The molecule has 1 aromatic heterocycles. The molecule has 0 bridgehead atoms.